The minimum atomic E-state index is -0.608. The lowest BCUT2D eigenvalue weighted by atomic mass is 10.2. The predicted octanol–water partition coefficient (Wildman–Crippen LogP) is 2.25. The molecule has 0 fully saturated rings. The van der Waals surface area contributed by atoms with Gasteiger partial charge in [-0.15, -0.1) is 0 Å². The van der Waals surface area contributed by atoms with E-state index >= 15 is 0 Å². The van der Waals surface area contributed by atoms with Gasteiger partial charge in [-0.2, -0.15) is 0 Å². The summed E-state index contributed by atoms with van der Waals surface area (Å²) in [6.45, 7) is 1.64. The Bertz CT molecular complexity index is 652. The third-order valence-electron chi connectivity index (χ3n) is 2.21. The highest BCUT2D eigenvalue weighted by Gasteiger charge is 2.12. The maximum absolute atomic E-state index is 11.9. The van der Waals surface area contributed by atoms with Crippen LogP contribution < -0.4 is 10.9 Å². The molecule has 1 N–H and O–H groups in total. The summed E-state index contributed by atoms with van der Waals surface area (Å²) in [5.41, 5.74) is -0.354. The number of nitrogens with one attached hydrogen (secondary N) is 1. The highest BCUT2D eigenvalue weighted by atomic mass is 35.5. The van der Waals surface area contributed by atoms with Crippen molar-refractivity contribution in [3.8, 4) is 0 Å². The Morgan fingerprint density at radius 2 is 2.17 bits per heavy atom. The van der Waals surface area contributed by atoms with Crippen molar-refractivity contribution in [2.75, 3.05) is 5.32 Å². The van der Waals surface area contributed by atoms with Crippen molar-refractivity contribution in [1.82, 2.24) is 4.98 Å². The topological polar surface area (TPSA) is 72.2 Å². The van der Waals surface area contributed by atoms with Gasteiger partial charge in [0.05, 0.1) is 5.56 Å². The van der Waals surface area contributed by atoms with Gasteiger partial charge in [0.25, 0.3) is 5.91 Å². The molecule has 0 atom stereocenters. The van der Waals surface area contributed by atoms with Crippen LogP contribution in [0.1, 0.15) is 16.1 Å². The molecule has 6 heteroatoms. The Morgan fingerprint density at radius 1 is 1.39 bits per heavy atom. The Hall–Kier alpha value is -2.14. The van der Waals surface area contributed by atoms with Crippen molar-refractivity contribution in [2.24, 2.45) is 0 Å². The molecule has 0 aliphatic carbocycles. The molecule has 0 aromatic carbocycles. The largest absolute Gasteiger partial charge is 0.427 e. The maximum atomic E-state index is 11.9. The Morgan fingerprint density at radius 3 is 2.83 bits per heavy atom. The first-order valence-electron chi connectivity index (χ1n) is 5.10. The van der Waals surface area contributed by atoms with Crippen LogP contribution in [0.25, 0.3) is 0 Å². The Kier molecular flexibility index (Phi) is 3.43. The van der Waals surface area contributed by atoms with Gasteiger partial charge in [-0.3, -0.25) is 4.79 Å². The normalized spacial score (nSPS) is 10.1. The van der Waals surface area contributed by atoms with E-state index < -0.39 is 11.5 Å². The molecule has 2 aromatic heterocycles. The van der Waals surface area contributed by atoms with Crippen molar-refractivity contribution in [3.63, 3.8) is 0 Å². The highest BCUT2D eigenvalue weighted by Crippen LogP contribution is 2.13. The minimum Gasteiger partial charge on any atom is -0.427 e. The van der Waals surface area contributed by atoms with Crippen LogP contribution in [0, 0.1) is 6.92 Å². The van der Waals surface area contributed by atoms with Crippen LogP contribution in [0.5, 0.6) is 0 Å². The molecule has 0 unspecified atom stereocenters. The van der Waals surface area contributed by atoms with Crippen LogP contribution in [0.2, 0.25) is 5.15 Å². The lowest BCUT2D eigenvalue weighted by Crippen LogP contribution is -2.18. The summed E-state index contributed by atoms with van der Waals surface area (Å²) in [7, 11) is 0. The van der Waals surface area contributed by atoms with Gasteiger partial charge in [0.15, 0.2) is 0 Å². The van der Waals surface area contributed by atoms with Crippen LogP contribution >= 0.6 is 11.6 Å². The van der Waals surface area contributed by atoms with Gasteiger partial charge in [-0.25, -0.2) is 9.78 Å². The first kappa shape index (κ1) is 12.3. The molecule has 0 bridgehead atoms. The van der Waals surface area contributed by atoms with Crippen molar-refractivity contribution >= 4 is 23.2 Å². The molecule has 0 saturated heterocycles. The van der Waals surface area contributed by atoms with E-state index in [4.69, 9.17) is 16.0 Å². The van der Waals surface area contributed by atoms with Crippen LogP contribution in [-0.2, 0) is 0 Å². The molecule has 92 valence electrons. The Balaban J connectivity index is 2.27. The monoisotopic (exact) mass is 264 g/mol. The van der Waals surface area contributed by atoms with Crippen LogP contribution in [-0.4, -0.2) is 10.9 Å². The van der Waals surface area contributed by atoms with E-state index in [0.717, 1.165) is 0 Å². The highest BCUT2D eigenvalue weighted by molar-refractivity contribution is 6.33. The second kappa shape index (κ2) is 5.01. The number of rotatable bonds is 2. The summed E-state index contributed by atoms with van der Waals surface area (Å²) < 4.78 is 4.86. The van der Waals surface area contributed by atoms with Crippen LogP contribution in [0.4, 0.5) is 5.69 Å². The lowest BCUT2D eigenvalue weighted by Gasteiger charge is -2.04. The number of nitrogens with zero attached hydrogens (tertiary/aromatic N) is 1. The average Bonchev–Trinajstić information content (AvgIpc) is 2.33. The number of anilines is 1. The number of hydrogen-bond donors (Lipinski definition) is 1. The fourth-order valence-corrected chi connectivity index (χ4v) is 1.55. The molecule has 2 rings (SSSR count). The minimum absolute atomic E-state index is 0.0607. The number of pyridine rings is 1. The third-order valence-corrected chi connectivity index (χ3v) is 2.51. The van der Waals surface area contributed by atoms with Crippen molar-refractivity contribution in [3.05, 3.63) is 57.4 Å². The molecule has 0 radical (unpaired) electrons. The molecule has 5 nitrogen and oxygen atoms in total. The first-order valence-corrected chi connectivity index (χ1v) is 5.48. The molecule has 2 heterocycles. The van der Waals surface area contributed by atoms with E-state index in [1.54, 1.807) is 19.1 Å². The lowest BCUT2D eigenvalue weighted by molar-refractivity contribution is 0.102. The molecule has 1 amide bonds. The number of carbonyl (C=O) groups excluding carboxylic acids is 1. The fourth-order valence-electron chi connectivity index (χ4n) is 1.34. The van der Waals surface area contributed by atoms with Crippen molar-refractivity contribution in [2.45, 2.75) is 6.92 Å². The first-order chi connectivity index (χ1) is 8.58. The molecular formula is C12H9ClN2O3. The number of aryl methyl sites for hydroxylation is 1. The van der Waals surface area contributed by atoms with Gasteiger partial charge in [-0.05, 0) is 31.2 Å². The Labute approximate surface area is 107 Å². The summed E-state index contributed by atoms with van der Waals surface area (Å²) in [6, 6.07) is 6.16. The van der Waals surface area contributed by atoms with Gasteiger partial charge in [0, 0.05) is 6.20 Å². The molecular weight excluding hydrogens is 256 g/mol. The number of amides is 1. The number of hydrogen-bond acceptors (Lipinski definition) is 4. The third kappa shape index (κ3) is 2.57. The van der Waals surface area contributed by atoms with E-state index in [0.29, 0.717) is 5.76 Å². The smallest absolute Gasteiger partial charge is 0.359 e. The SMILES string of the molecule is Cc1ccc(NC(=O)c2cccnc2Cl)c(=O)o1. The summed E-state index contributed by atoms with van der Waals surface area (Å²) >= 11 is 5.78. The van der Waals surface area contributed by atoms with E-state index in [1.165, 1.54) is 18.3 Å². The van der Waals surface area contributed by atoms with Crippen LogP contribution in [0.15, 0.2) is 39.7 Å². The molecule has 18 heavy (non-hydrogen) atoms. The van der Waals surface area contributed by atoms with E-state index in [2.05, 4.69) is 10.3 Å². The average molecular weight is 265 g/mol. The zero-order valence-corrected chi connectivity index (χ0v) is 10.2. The summed E-state index contributed by atoms with van der Waals surface area (Å²) in [4.78, 5) is 27.1. The van der Waals surface area contributed by atoms with E-state index in [1.807, 2.05) is 0 Å². The van der Waals surface area contributed by atoms with Gasteiger partial charge < -0.3 is 9.73 Å². The molecule has 2 aromatic rings. The molecule has 0 spiro atoms. The summed E-state index contributed by atoms with van der Waals surface area (Å²) in [5.74, 6) is -0.0401. The molecule has 0 aliphatic rings. The quantitative estimate of drug-likeness (QED) is 0.845. The molecule has 0 aliphatic heterocycles. The summed E-state index contributed by atoms with van der Waals surface area (Å²) in [5, 5.41) is 2.50. The molecule has 0 saturated carbocycles. The second-order valence-electron chi connectivity index (χ2n) is 3.54. The zero-order valence-electron chi connectivity index (χ0n) is 9.44. The summed E-state index contributed by atoms with van der Waals surface area (Å²) in [6.07, 6.45) is 1.47. The zero-order chi connectivity index (χ0) is 13.1. The predicted molar refractivity (Wildman–Crippen MR) is 66.9 cm³/mol. The number of halogens is 1. The standard InChI is InChI=1S/C12H9ClN2O3/c1-7-4-5-9(12(17)18-7)15-11(16)8-3-2-6-14-10(8)13/h2-6H,1H3,(H,15,16). The maximum Gasteiger partial charge on any atom is 0.359 e. The van der Waals surface area contributed by atoms with Gasteiger partial charge in [0.1, 0.15) is 16.6 Å². The second-order valence-corrected chi connectivity index (χ2v) is 3.90. The number of aromatic nitrogens is 1. The van der Waals surface area contributed by atoms with E-state index in [-0.39, 0.29) is 16.4 Å². The van der Waals surface area contributed by atoms with E-state index in [9.17, 15) is 9.59 Å². The van der Waals surface area contributed by atoms with Gasteiger partial charge >= 0.3 is 5.63 Å². The van der Waals surface area contributed by atoms with Crippen molar-refractivity contribution < 1.29 is 9.21 Å². The number of carbonyl (C=O) groups is 1. The van der Waals surface area contributed by atoms with Gasteiger partial charge in [0.2, 0.25) is 0 Å². The fraction of sp³-hybridized carbons (Fsp3) is 0.0833. The van der Waals surface area contributed by atoms with Crippen molar-refractivity contribution in [1.29, 1.82) is 0 Å². The van der Waals surface area contributed by atoms with Gasteiger partial charge in [-0.1, -0.05) is 11.6 Å². The van der Waals surface area contributed by atoms with Crippen LogP contribution in [0.3, 0.4) is 0 Å².